The van der Waals surface area contributed by atoms with E-state index in [4.69, 9.17) is 0 Å². The van der Waals surface area contributed by atoms with Gasteiger partial charge in [-0.1, -0.05) is 12.1 Å². The molecule has 2 aromatic carbocycles. The van der Waals surface area contributed by atoms with Crippen molar-refractivity contribution in [2.75, 3.05) is 5.32 Å². The number of hydrogen-bond acceptors (Lipinski definition) is 2. The van der Waals surface area contributed by atoms with Crippen LogP contribution in [0, 0.1) is 11.6 Å². The average molecular weight is 273 g/mol. The molecule has 4 nitrogen and oxygen atoms in total. The Hall–Kier alpha value is -2.76. The molecule has 0 aliphatic carbocycles. The van der Waals surface area contributed by atoms with Gasteiger partial charge in [0, 0.05) is 5.39 Å². The third kappa shape index (κ3) is 2.11. The van der Waals surface area contributed by atoms with Gasteiger partial charge in [0.25, 0.3) is 5.91 Å². The fourth-order valence-corrected chi connectivity index (χ4v) is 1.93. The number of aromatic nitrogens is 2. The molecule has 1 amide bonds. The number of rotatable bonds is 2. The van der Waals surface area contributed by atoms with Gasteiger partial charge < -0.3 is 5.32 Å². The lowest BCUT2D eigenvalue weighted by molar-refractivity contribution is 0.102. The number of H-pyrrole nitrogens is 1. The van der Waals surface area contributed by atoms with E-state index in [0.717, 1.165) is 23.6 Å². The van der Waals surface area contributed by atoms with E-state index >= 15 is 0 Å². The summed E-state index contributed by atoms with van der Waals surface area (Å²) in [4.78, 5) is 12.0. The van der Waals surface area contributed by atoms with E-state index in [1.165, 1.54) is 0 Å². The van der Waals surface area contributed by atoms with Crippen LogP contribution in [0.15, 0.2) is 42.6 Å². The third-order valence-corrected chi connectivity index (χ3v) is 2.90. The molecule has 1 aromatic heterocycles. The molecule has 0 spiro atoms. The predicted octanol–water partition coefficient (Wildman–Crippen LogP) is 3.09. The predicted molar refractivity (Wildman–Crippen MR) is 70.4 cm³/mol. The number of nitrogens with zero attached hydrogens (tertiary/aromatic N) is 1. The maximum atomic E-state index is 13.5. The summed E-state index contributed by atoms with van der Waals surface area (Å²) in [6.45, 7) is 0. The van der Waals surface area contributed by atoms with Crippen molar-refractivity contribution in [1.29, 1.82) is 0 Å². The molecule has 0 saturated heterocycles. The number of carbonyl (C=O) groups is 1. The molecule has 2 N–H and O–H groups in total. The quantitative estimate of drug-likeness (QED) is 0.753. The van der Waals surface area contributed by atoms with Crippen molar-refractivity contribution in [3.05, 3.63) is 59.8 Å². The standard InChI is InChI=1S/C14H9F2N3O/c15-9-4-5-11(16)10(6-9)14(20)18-12-3-1-2-8-7-17-19-13(8)12/h1-7H,(H,17,19)(H,18,20). The van der Waals surface area contributed by atoms with Gasteiger partial charge in [-0.05, 0) is 24.3 Å². The maximum absolute atomic E-state index is 13.5. The number of nitrogens with one attached hydrogen (secondary N) is 2. The summed E-state index contributed by atoms with van der Waals surface area (Å²) in [5, 5.41) is 9.95. The molecule has 0 aliphatic heterocycles. The van der Waals surface area contributed by atoms with Crippen LogP contribution in [0.1, 0.15) is 10.4 Å². The van der Waals surface area contributed by atoms with E-state index in [-0.39, 0.29) is 5.56 Å². The minimum Gasteiger partial charge on any atom is -0.320 e. The summed E-state index contributed by atoms with van der Waals surface area (Å²) >= 11 is 0. The SMILES string of the molecule is O=C(Nc1cccc2cn[nH]c12)c1cc(F)ccc1F. The number of carbonyl (C=O) groups excluding carboxylic acids is 1. The normalized spacial score (nSPS) is 10.7. The largest absolute Gasteiger partial charge is 0.320 e. The van der Waals surface area contributed by atoms with Crippen molar-refractivity contribution in [3.63, 3.8) is 0 Å². The minimum atomic E-state index is -0.777. The van der Waals surface area contributed by atoms with Crippen molar-refractivity contribution in [2.24, 2.45) is 0 Å². The molecule has 6 heteroatoms. The topological polar surface area (TPSA) is 57.8 Å². The average Bonchev–Trinajstić information content (AvgIpc) is 2.91. The van der Waals surface area contributed by atoms with Gasteiger partial charge in [0.15, 0.2) is 0 Å². The lowest BCUT2D eigenvalue weighted by atomic mass is 10.1. The fraction of sp³-hybridized carbons (Fsp3) is 0. The molecule has 0 atom stereocenters. The zero-order valence-electron chi connectivity index (χ0n) is 10.2. The first-order chi connectivity index (χ1) is 9.65. The Kier molecular flexibility index (Phi) is 2.90. The zero-order valence-corrected chi connectivity index (χ0v) is 10.2. The Morgan fingerprint density at radius 1 is 1.20 bits per heavy atom. The number of amides is 1. The highest BCUT2D eigenvalue weighted by Gasteiger charge is 2.14. The van der Waals surface area contributed by atoms with Crippen molar-refractivity contribution < 1.29 is 13.6 Å². The first-order valence-electron chi connectivity index (χ1n) is 5.83. The van der Waals surface area contributed by atoms with E-state index in [2.05, 4.69) is 15.5 Å². The van der Waals surface area contributed by atoms with Crippen molar-refractivity contribution >= 4 is 22.5 Å². The van der Waals surface area contributed by atoms with E-state index in [0.29, 0.717) is 11.2 Å². The molecule has 3 rings (SSSR count). The van der Waals surface area contributed by atoms with E-state index < -0.39 is 17.5 Å². The van der Waals surface area contributed by atoms with Gasteiger partial charge in [-0.15, -0.1) is 0 Å². The Morgan fingerprint density at radius 2 is 2.05 bits per heavy atom. The number of anilines is 1. The second-order valence-corrected chi connectivity index (χ2v) is 4.22. The minimum absolute atomic E-state index is 0.346. The summed E-state index contributed by atoms with van der Waals surface area (Å²) in [7, 11) is 0. The van der Waals surface area contributed by atoms with Gasteiger partial charge >= 0.3 is 0 Å². The number of para-hydroxylation sites is 1. The van der Waals surface area contributed by atoms with Crippen LogP contribution in [-0.2, 0) is 0 Å². The molecule has 0 saturated carbocycles. The molecule has 20 heavy (non-hydrogen) atoms. The summed E-state index contributed by atoms with van der Waals surface area (Å²) < 4.78 is 26.6. The van der Waals surface area contributed by atoms with Gasteiger partial charge in [-0.2, -0.15) is 5.10 Å². The number of hydrogen-bond donors (Lipinski definition) is 2. The Bertz CT molecular complexity index is 798. The summed E-state index contributed by atoms with van der Waals surface area (Å²) in [6, 6.07) is 7.93. The number of benzene rings is 2. The first kappa shape index (κ1) is 12.3. The second kappa shape index (κ2) is 4.73. The number of aromatic amines is 1. The smallest absolute Gasteiger partial charge is 0.258 e. The molecule has 3 aromatic rings. The highest BCUT2D eigenvalue weighted by molar-refractivity contribution is 6.08. The fourth-order valence-electron chi connectivity index (χ4n) is 1.93. The van der Waals surface area contributed by atoms with Crippen LogP contribution >= 0.6 is 0 Å². The van der Waals surface area contributed by atoms with Crippen LogP contribution in [-0.4, -0.2) is 16.1 Å². The van der Waals surface area contributed by atoms with Crippen molar-refractivity contribution in [1.82, 2.24) is 10.2 Å². The molecule has 100 valence electrons. The van der Waals surface area contributed by atoms with Crippen LogP contribution < -0.4 is 5.32 Å². The number of fused-ring (bicyclic) bond motifs is 1. The van der Waals surface area contributed by atoms with Crippen LogP contribution in [0.5, 0.6) is 0 Å². The zero-order chi connectivity index (χ0) is 14.1. The first-order valence-corrected chi connectivity index (χ1v) is 5.83. The van der Waals surface area contributed by atoms with Crippen molar-refractivity contribution in [2.45, 2.75) is 0 Å². The van der Waals surface area contributed by atoms with Gasteiger partial charge in [0.1, 0.15) is 11.6 Å². The van der Waals surface area contributed by atoms with Crippen LogP contribution in [0.25, 0.3) is 10.9 Å². The molecular weight excluding hydrogens is 264 g/mol. The van der Waals surface area contributed by atoms with E-state index in [1.54, 1.807) is 18.3 Å². The van der Waals surface area contributed by atoms with Crippen molar-refractivity contribution in [3.8, 4) is 0 Å². The highest BCUT2D eigenvalue weighted by atomic mass is 19.1. The summed E-state index contributed by atoms with van der Waals surface area (Å²) in [5.41, 5.74) is 0.729. The van der Waals surface area contributed by atoms with Gasteiger partial charge in [0.2, 0.25) is 0 Å². The number of halogens is 2. The Balaban J connectivity index is 1.96. The summed E-state index contributed by atoms with van der Waals surface area (Å²) in [6.07, 6.45) is 1.60. The van der Waals surface area contributed by atoms with E-state index in [9.17, 15) is 13.6 Å². The van der Waals surface area contributed by atoms with Crippen LogP contribution in [0.2, 0.25) is 0 Å². The van der Waals surface area contributed by atoms with Gasteiger partial charge in [0.05, 0.1) is 23.0 Å². The third-order valence-electron chi connectivity index (χ3n) is 2.90. The molecule has 1 heterocycles. The molecule has 0 bridgehead atoms. The Labute approximate surface area is 112 Å². The molecule has 0 aliphatic rings. The van der Waals surface area contributed by atoms with Crippen LogP contribution in [0.3, 0.4) is 0 Å². The second-order valence-electron chi connectivity index (χ2n) is 4.22. The highest BCUT2D eigenvalue weighted by Crippen LogP contribution is 2.21. The molecule has 0 fully saturated rings. The molecule has 0 unspecified atom stereocenters. The van der Waals surface area contributed by atoms with Gasteiger partial charge in [-0.25, -0.2) is 8.78 Å². The Morgan fingerprint density at radius 3 is 2.90 bits per heavy atom. The lowest BCUT2D eigenvalue weighted by Crippen LogP contribution is -2.14. The van der Waals surface area contributed by atoms with Gasteiger partial charge in [-0.3, -0.25) is 9.89 Å². The monoisotopic (exact) mass is 273 g/mol. The summed E-state index contributed by atoms with van der Waals surface area (Å²) in [5.74, 6) is -2.17. The van der Waals surface area contributed by atoms with E-state index in [1.807, 2.05) is 6.07 Å². The van der Waals surface area contributed by atoms with Crippen LogP contribution in [0.4, 0.5) is 14.5 Å². The maximum Gasteiger partial charge on any atom is 0.258 e. The lowest BCUT2D eigenvalue weighted by Gasteiger charge is -2.07. The molecular formula is C14H9F2N3O. The molecule has 0 radical (unpaired) electrons.